The Morgan fingerprint density at radius 3 is 2.56 bits per heavy atom. The van der Waals surface area contributed by atoms with Crippen molar-refractivity contribution in [2.75, 3.05) is 0 Å². The molecule has 1 N–H and O–H groups in total. The largest absolute Gasteiger partial charge is 0.478 e. The van der Waals surface area contributed by atoms with Gasteiger partial charge in [0.2, 0.25) is 0 Å². The maximum atomic E-state index is 11.3. The molecule has 2 rings (SSSR count). The number of para-hydroxylation sites is 1. The first-order valence-electron chi connectivity index (χ1n) is 5.44. The first-order valence-corrected chi connectivity index (χ1v) is 6.20. The van der Waals surface area contributed by atoms with Crippen molar-refractivity contribution in [2.45, 2.75) is 19.8 Å². The Hall–Kier alpha value is -1.32. The molecule has 2 aromatic rings. The first-order chi connectivity index (χ1) is 8.43. The Morgan fingerprint density at radius 2 is 2.00 bits per heavy atom. The van der Waals surface area contributed by atoms with E-state index in [0.29, 0.717) is 16.1 Å². The number of benzene rings is 1. The molecule has 1 heterocycles. The van der Waals surface area contributed by atoms with E-state index in [2.05, 4.69) is 4.98 Å². The maximum absolute atomic E-state index is 11.3. The third-order valence-corrected chi connectivity index (χ3v) is 3.33. The van der Waals surface area contributed by atoms with Gasteiger partial charge in [-0.1, -0.05) is 49.2 Å². The van der Waals surface area contributed by atoms with Crippen LogP contribution in [0.1, 0.15) is 35.7 Å². The summed E-state index contributed by atoms with van der Waals surface area (Å²) in [4.78, 5) is 15.4. The second-order valence-corrected chi connectivity index (χ2v) is 5.05. The molecule has 0 aliphatic carbocycles. The molecule has 1 aromatic carbocycles. The van der Waals surface area contributed by atoms with Gasteiger partial charge in [-0.3, -0.25) is 0 Å². The molecule has 0 spiro atoms. The number of hydrogen-bond acceptors (Lipinski definition) is 2. The van der Waals surface area contributed by atoms with Gasteiger partial charge in [-0.2, -0.15) is 0 Å². The van der Waals surface area contributed by atoms with E-state index in [1.54, 1.807) is 12.1 Å². The highest BCUT2D eigenvalue weighted by atomic mass is 35.5. The van der Waals surface area contributed by atoms with Crippen LogP contribution in [0.15, 0.2) is 18.2 Å². The molecule has 0 aliphatic rings. The van der Waals surface area contributed by atoms with Crippen LogP contribution in [0.4, 0.5) is 0 Å². The SMILES string of the molecule is CC(C)c1c(C(=O)O)c(Cl)nc2c(Cl)cccc12. The van der Waals surface area contributed by atoms with Gasteiger partial charge in [0.1, 0.15) is 10.7 Å². The van der Waals surface area contributed by atoms with Crippen LogP contribution in [-0.2, 0) is 0 Å². The van der Waals surface area contributed by atoms with Crippen molar-refractivity contribution in [2.24, 2.45) is 0 Å². The molecule has 0 radical (unpaired) electrons. The zero-order chi connectivity index (χ0) is 13.4. The van der Waals surface area contributed by atoms with Crippen molar-refractivity contribution < 1.29 is 9.90 Å². The van der Waals surface area contributed by atoms with Crippen molar-refractivity contribution >= 4 is 40.1 Å². The minimum absolute atomic E-state index is 0.0116. The fraction of sp³-hybridized carbons (Fsp3) is 0.231. The van der Waals surface area contributed by atoms with Gasteiger partial charge in [-0.25, -0.2) is 9.78 Å². The summed E-state index contributed by atoms with van der Waals surface area (Å²) in [5, 5.41) is 10.4. The van der Waals surface area contributed by atoms with Gasteiger partial charge < -0.3 is 5.11 Å². The highest BCUT2D eigenvalue weighted by Crippen LogP contribution is 2.34. The van der Waals surface area contributed by atoms with Crippen molar-refractivity contribution in [3.63, 3.8) is 0 Å². The zero-order valence-electron chi connectivity index (χ0n) is 9.87. The number of halogens is 2. The molecular weight excluding hydrogens is 273 g/mol. The maximum Gasteiger partial charge on any atom is 0.339 e. The van der Waals surface area contributed by atoms with Crippen LogP contribution in [0.2, 0.25) is 10.2 Å². The standard InChI is InChI=1S/C13H11Cl2NO2/c1-6(2)9-7-4-3-5-8(14)11(7)16-12(15)10(9)13(17)18/h3-6H,1-2H3,(H,17,18). The average Bonchev–Trinajstić information content (AvgIpc) is 2.28. The Balaban J connectivity index is 2.99. The summed E-state index contributed by atoms with van der Waals surface area (Å²) in [5.41, 5.74) is 1.26. The predicted molar refractivity (Wildman–Crippen MR) is 72.8 cm³/mol. The lowest BCUT2D eigenvalue weighted by atomic mass is 9.94. The van der Waals surface area contributed by atoms with Gasteiger partial charge in [-0.05, 0) is 17.5 Å². The number of aromatic nitrogens is 1. The quantitative estimate of drug-likeness (QED) is 0.833. The van der Waals surface area contributed by atoms with E-state index < -0.39 is 5.97 Å². The second-order valence-electron chi connectivity index (χ2n) is 4.29. The van der Waals surface area contributed by atoms with Gasteiger partial charge in [0, 0.05) is 5.39 Å². The number of pyridine rings is 1. The summed E-state index contributed by atoms with van der Waals surface area (Å²) >= 11 is 12.0. The smallest absolute Gasteiger partial charge is 0.339 e. The Labute approximate surface area is 114 Å². The molecule has 5 heteroatoms. The Bertz CT molecular complexity index is 638. The van der Waals surface area contributed by atoms with Crippen LogP contribution in [0.5, 0.6) is 0 Å². The van der Waals surface area contributed by atoms with Crippen molar-refractivity contribution in [1.82, 2.24) is 4.98 Å². The number of rotatable bonds is 2. The van der Waals surface area contributed by atoms with Gasteiger partial charge in [0.15, 0.2) is 0 Å². The summed E-state index contributed by atoms with van der Waals surface area (Å²) < 4.78 is 0. The Morgan fingerprint density at radius 1 is 1.33 bits per heavy atom. The third kappa shape index (κ3) is 2.04. The molecule has 0 atom stereocenters. The van der Waals surface area contributed by atoms with E-state index in [4.69, 9.17) is 23.2 Å². The summed E-state index contributed by atoms with van der Waals surface area (Å²) in [6.07, 6.45) is 0. The highest BCUT2D eigenvalue weighted by Gasteiger charge is 2.22. The van der Waals surface area contributed by atoms with E-state index in [1.807, 2.05) is 19.9 Å². The predicted octanol–water partition coefficient (Wildman–Crippen LogP) is 4.36. The molecule has 0 aliphatic heterocycles. The van der Waals surface area contributed by atoms with Crippen LogP contribution < -0.4 is 0 Å². The van der Waals surface area contributed by atoms with E-state index in [-0.39, 0.29) is 16.6 Å². The lowest BCUT2D eigenvalue weighted by Crippen LogP contribution is -2.07. The number of fused-ring (bicyclic) bond motifs is 1. The van der Waals surface area contributed by atoms with Crippen molar-refractivity contribution in [3.05, 3.63) is 39.5 Å². The van der Waals surface area contributed by atoms with Gasteiger partial charge in [0.25, 0.3) is 0 Å². The number of carboxylic acids is 1. The molecule has 18 heavy (non-hydrogen) atoms. The minimum Gasteiger partial charge on any atom is -0.478 e. The molecule has 0 unspecified atom stereocenters. The molecule has 0 amide bonds. The number of aromatic carboxylic acids is 1. The number of carbonyl (C=O) groups is 1. The minimum atomic E-state index is -1.07. The van der Waals surface area contributed by atoms with E-state index >= 15 is 0 Å². The summed E-state index contributed by atoms with van der Waals surface area (Å²) in [6, 6.07) is 5.29. The molecule has 3 nitrogen and oxygen atoms in total. The summed E-state index contributed by atoms with van der Waals surface area (Å²) in [7, 11) is 0. The lowest BCUT2D eigenvalue weighted by molar-refractivity contribution is 0.0695. The molecule has 94 valence electrons. The van der Waals surface area contributed by atoms with Crippen molar-refractivity contribution in [3.8, 4) is 0 Å². The van der Waals surface area contributed by atoms with E-state index in [9.17, 15) is 9.90 Å². The van der Waals surface area contributed by atoms with Crippen molar-refractivity contribution in [1.29, 1.82) is 0 Å². The number of hydrogen-bond donors (Lipinski definition) is 1. The van der Waals surface area contributed by atoms with Crippen LogP contribution >= 0.6 is 23.2 Å². The average molecular weight is 284 g/mol. The fourth-order valence-electron chi connectivity index (χ4n) is 2.05. The number of nitrogens with zero attached hydrogens (tertiary/aromatic N) is 1. The van der Waals surface area contributed by atoms with Crippen LogP contribution in [0.25, 0.3) is 10.9 Å². The molecule has 0 fully saturated rings. The monoisotopic (exact) mass is 283 g/mol. The van der Waals surface area contributed by atoms with Gasteiger partial charge in [0.05, 0.1) is 10.5 Å². The van der Waals surface area contributed by atoms with Crippen LogP contribution in [-0.4, -0.2) is 16.1 Å². The molecule has 0 saturated carbocycles. The fourth-order valence-corrected chi connectivity index (χ4v) is 2.53. The number of carboxylic acid groups (broad SMARTS) is 1. The topological polar surface area (TPSA) is 50.2 Å². The first kappa shape index (κ1) is 13.1. The van der Waals surface area contributed by atoms with E-state index in [1.165, 1.54) is 0 Å². The third-order valence-electron chi connectivity index (χ3n) is 2.75. The van der Waals surface area contributed by atoms with Gasteiger partial charge >= 0.3 is 5.97 Å². The van der Waals surface area contributed by atoms with E-state index in [0.717, 1.165) is 5.39 Å². The second kappa shape index (κ2) is 4.75. The molecular formula is C13H11Cl2NO2. The molecule has 0 bridgehead atoms. The normalized spacial score (nSPS) is 11.2. The van der Waals surface area contributed by atoms with Gasteiger partial charge in [-0.15, -0.1) is 0 Å². The highest BCUT2D eigenvalue weighted by molar-refractivity contribution is 6.37. The zero-order valence-corrected chi connectivity index (χ0v) is 11.4. The summed E-state index contributed by atoms with van der Waals surface area (Å²) in [6.45, 7) is 3.83. The van der Waals surface area contributed by atoms with Crippen LogP contribution in [0, 0.1) is 0 Å². The Kier molecular flexibility index (Phi) is 3.46. The van der Waals surface area contributed by atoms with Crippen LogP contribution in [0.3, 0.4) is 0 Å². The molecule has 0 saturated heterocycles. The molecule has 1 aromatic heterocycles. The summed E-state index contributed by atoms with van der Waals surface area (Å²) in [5.74, 6) is -1.06. The lowest BCUT2D eigenvalue weighted by Gasteiger charge is -2.15.